The Hall–Kier alpha value is -1.40. The molecule has 1 aromatic rings. The van der Waals surface area contributed by atoms with Crippen LogP contribution in [0.25, 0.3) is 0 Å². The van der Waals surface area contributed by atoms with E-state index in [0.29, 0.717) is 23.0 Å². The average Bonchev–Trinajstić information content (AvgIpc) is 2.90. The highest BCUT2D eigenvalue weighted by Crippen LogP contribution is 2.29. The van der Waals surface area contributed by atoms with Crippen LogP contribution in [-0.2, 0) is 16.0 Å². The lowest BCUT2D eigenvalue weighted by Crippen LogP contribution is -2.31. The number of thiocarbonyl (C=S) groups is 1. The maximum atomic E-state index is 12.2. The predicted octanol–water partition coefficient (Wildman–Crippen LogP) is 3.21. The molecule has 0 saturated carbocycles. The van der Waals surface area contributed by atoms with Crippen molar-refractivity contribution in [3.8, 4) is 0 Å². The van der Waals surface area contributed by atoms with Gasteiger partial charge in [-0.3, -0.25) is 14.5 Å². The number of amides is 2. The van der Waals surface area contributed by atoms with E-state index in [1.54, 1.807) is 4.90 Å². The first kappa shape index (κ1) is 17.4. The summed E-state index contributed by atoms with van der Waals surface area (Å²) in [4.78, 5) is 25.5. The van der Waals surface area contributed by atoms with Gasteiger partial charge in [-0.1, -0.05) is 48.2 Å². The Morgan fingerprint density at radius 2 is 2.17 bits per heavy atom. The molecule has 0 aromatic heterocycles. The highest BCUT2D eigenvalue weighted by Gasteiger charge is 2.26. The van der Waals surface area contributed by atoms with E-state index in [4.69, 9.17) is 12.2 Å². The molecule has 6 heteroatoms. The fraction of sp³-hybridized carbons (Fsp3) is 0.500. The van der Waals surface area contributed by atoms with E-state index in [9.17, 15) is 9.59 Å². The number of aryl methyl sites for hydroxylation is 1. The molecular formula is C18H22N2O2S2. The number of hydrogen-bond acceptors (Lipinski definition) is 4. The Labute approximate surface area is 152 Å². The van der Waals surface area contributed by atoms with Crippen LogP contribution in [0.15, 0.2) is 24.3 Å². The molecule has 1 aliphatic heterocycles. The SMILES string of the molecule is O=C(CCCCN1C(=O)CSC1=S)N[C@@H]1CCCc2ccccc21. The molecule has 0 spiro atoms. The van der Waals surface area contributed by atoms with Gasteiger partial charge in [0.1, 0.15) is 4.32 Å². The second-order valence-electron chi connectivity index (χ2n) is 6.27. The van der Waals surface area contributed by atoms with Crippen LogP contribution in [0.1, 0.15) is 49.3 Å². The minimum atomic E-state index is 0.0910. The maximum absolute atomic E-state index is 12.2. The van der Waals surface area contributed by atoms with E-state index in [2.05, 4.69) is 23.5 Å². The van der Waals surface area contributed by atoms with Crippen molar-refractivity contribution in [2.24, 2.45) is 0 Å². The van der Waals surface area contributed by atoms with Gasteiger partial charge in [0.2, 0.25) is 11.8 Å². The fourth-order valence-corrected chi connectivity index (χ4v) is 4.44. The molecule has 1 saturated heterocycles. The molecule has 1 aromatic carbocycles. The largest absolute Gasteiger partial charge is 0.349 e. The number of hydrogen-bond donors (Lipinski definition) is 1. The van der Waals surface area contributed by atoms with Crippen LogP contribution in [0, 0.1) is 0 Å². The van der Waals surface area contributed by atoms with Crippen LogP contribution >= 0.6 is 24.0 Å². The van der Waals surface area contributed by atoms with Gasteiger partial charge in [0.25, 0.3) is 0 Å². The fourth-order valence-electron chi connectivity index (χ4n) is 3.32. The van der Waals surface area contributed by atoms with E-state index in [1.807, 2.05) is 6.07 Å². The van der Waals surface area contributed by atoms with Crippen LogP contribution in [0.2, 0.25) is 0 Å². The molecule has 3 rings (SSSR count). The molecule has 0 unspecified atom stereocenters. The van der Waals surface area contributed by atoms with Crippen LogP contribution in [0.3, 0.4) is 0 Å². The van der Waals surface area contributed by atoms with E-state index < -0.39 is 0 Å². The van der Waals surface area contributed by atoms with Gasteiger partial charge < -0.3 is 5.32 Å². The van der Waals surface area contributed by atoms with Crippen molar-refractivity contribution in [1.29, 1.82) is 0 Å². The lowest BCUT2D eigenvalue weighted by atomic mass is 9.87. The van der Waals surface area contributed by atoms with Crippen LogP contribution in [0.4, 0.5) is 0 Å². The standard InChI is InChI=1S/C18H22N2O2S2/c21-16(10-3-4-11-20-17(22)12-24-18(20)23)19-15-9-5-7-13-6-1-2-8-14(13)15/h1-2,6,8,15H,3-5,7,9-12H2,(H,19,21)/t15-/m1/s1. The second-order valence-corrected chi connectivity index (χ2v) is 7.88. The molecule has 1 N–H and O–H groups in total. The van der Waals surface area contributed by atoms with Crippen molar-refractivity contribution in [2.75, 3.05) is 12.3 Å². The van der Waals surface area contributed by atoms with Crippen molar-refractivity contribution in [3.63, 3.8) is 0 Å². The third-order valence-electron chi connectivity index (χ3n) is 4.58. The molecule has 24 heavy (non-hydrogen) atoms. The molecule has 1 atom stereocenters. The van der Waals surface area contributed by atoms with Gasteiger partial charge >= 0.3 is 0 Å². The van der Waals surface area contributed by atoms with Crippen molar-refractivity contribution in [2.45, 2.75) is 44.6 Å². The second kappa shape index (κ2) is 8.12. The van der Waals surface area contributed by atoms with Crippen LogP contribution in [0.5, 0.6) is 0 Å². The molecular weight excluding hydrogens is 340 g/mol. The number of carbonyl (C=O) groups excluding carboxylic acids is 2. The first-order valence-corrected chi connectivity index (χ1v) is 9.89. The monoisotopic (exact) mass is 362 g/mol. The Kier molecular flexibility index (Phi) is 5.89. The number of rotatable bonds is 6. The van der Waals surface area contributed by atoms with Gasteiger partial charge in [-0.25, -0.2) is 0 Å². The zero-order chi connectivity index (χ0) is 16.9. The van der Waals surface area contributed by atoms with E-state index in [1.165, 1.54) is 22.9 Å². The molecule has 1 fully saturated rings. The summed E-state index contributed by atoms with van der Waals surface area (Å²) in [5, 5.41) is 3.17. The molecule has 0 radical (unpaired) electrons. The van der Waals surface area contributed by atoms with Gasteiger partial charge in [0, 0.05) is 13.0 Å². The van der Waals surface area contributed by atoms with E-state index >= 15 is 0 Å². The highest BCUT2D eigenvalue weighted by molar-refractivity contribution is 8.23. The lowest BCUT2D eigenvalue weighted by molar-refractivity contribution is -0.124. The third kappa shape index (κ3) is 4.16. The summed E-state index contributed by atoms with van der Waals surface area (Å²) in [6.45, 7) is 0.629. The molecule has 2 amide bonds. The Balaban J connectivity index is 1.42. The summed E-state index contributed by atoms with van der Waals surface area (Å²) < 4.78 is 0.670. The van der Waals surface area contributed by atoms with Crippen molar-refractivity contribution >= 4 is 40.1 Å². The topological polar surface area (TPSA) is 49.4 Å². The summed E-state index contributed by atoms with van der Waals surface area (Å²) in [5.74, 6) is 0.648. The third-order valence-corrected chi connectivity index (χ3v) is 6.01. The first-order chi connectivity index (χ1) is 11.6. The van der Waals surface area contributed by atoms with Crippen molar-refractivity contribution in [1.82, 2.24) is 10.2 Å². The minimum Gasteiger partial charge on any atom is -0.349 e. The molecule has 4 nitrogen and oxygen atoms in total. The summed E-state index contributed by atoms with van der Waals surface area (Å²) in [7, 11) is 0. The number of thioether (sulfide) groups is 1. The number of carbonyl (C=O) groups is 2. The number of nitrogens with one attached hydrogen (secondary N) is 1. The van der Waals surface area contributed by atoms with Gasteiger partial charge in [-0.15, -0.1) is 0 Å². The Morgan fingerprint density at radius 1 is 1.33 bits per heavy atom. The molecule has 1 heterocycles. The first-order valence-electron chi connectivity index (χ1n) is 8.49. The summed E-state index contributed by atoms with van der Waals surface area (Å²) in [6, 6.07) is 8.52. The van der Waals surface area contributed by atoms with Gasteiger partial charge in [-0.05, 0) is 43.2 Å². The smallest absolute Gasteiger partial charge is 0.238 e. The summed E-state index contributed by atoms with van der Waals surface area (Å²) >= 11 is 6.58. The van der Waals surface area contributed by atoms with Crippen molar-refractivity contribution < 1.29 is 9.59 Å². The van der Waals surface area contributed by atoms with Gasteiger partial charge in [-0.2, -0.15) is 0 Å². The van der Waals surface area contributed by atoms with Gasteiger partial charge in [0.15, 0.2) is 0 Å². The quantitative estimate of drug-likeness (QED) is 0.624. The summed E-state index contributed by atoms with van der Waals surface area (Å²) in [6.07, 6.45) is 5.31. The minimum absolute atomic E-state index is 0.0910. The average molecular weight is 363 g/mol. The maximum Gasteiger partial charge on any atom is 0.238 e. The molecule has 0 bridgehead atoms. The Morgan fingerprint density at radius 3 is 2.96 bits per heavy atom. The number of benzene rings is 1. The zero-order valence-corrected chi connectivity index (χ0v) is 15.3. The highest BCUT2D eigenvalue weighted by atomic mass is 32.2. The van der Waals surface area contributed by atoms with E-state index in [-0.39, 0.29) is 17.9 Å². The predicted molar refractivity (Wildman–Crippen MR) is 101 cm³/mol. The normalized spacial score (nSPS) is 20.2. The zero-order valence-electron chi connectivity index (χ0n) is 13.6. The number of unbranched alkanes of at least 4 members (excludes halogenated alkanes) is 1. The van der Waals surface area contributed by atoms with Crippen LogP contribution < -0.4 is 5.32 Å². The van der Waals surface area contributed by atoms with Crippen molar-refractivity contribution in [3.05, 3.63) is 35.4 Å². The number of fused-ring (bicyclic) bond motifs is 1. The molecule has 1 aliphatic carbocycles. The van der Waals surface area contributed by atoms with Gasteiger partial charge in [0.05, 0.1) is 11.8 Å². The summed E-state index contributed by atoms with van der Waals surface area (Å²) in [5.41, 5.74) is 2.62. The lowest BCUT2D eigenvalue weighted by Gasteiger charge is -2.26. The van der Waals surface area contributed by atoms with Crippen LogP contribution in [-0.4, -0.2) is 33.3 Å². The number of nitrogens with zero attached hydrogens (tertiary/aromatic N) is 1. The Bertz CT molecular complexity index is 632. The molecule has 2 aliphatic rings. The van der Waals surface area contributed by atoms with E-state index in [0.717, 1.165) is 32.1 Å². The molecule has 128 valence electrons.